The molecular weight excluding hydrogens is 332 g/mol. The summed E-state index contributed by atoms with van der Waals surface area (Å²) in [5.41, 5.74) is 1.30. The van der Waals surface area contributed by atoms with Crippen LogP contribution in [0.3, 0.4) is 0 Å². The van der Waals surface area contributed by atoms with Gasteiger partial charge in [-0.1, -0.05) is 12.1 Å². The van der Waals surface area contributed by atoms with E-state index in [0.29, 0.717) is 23.4 Å². The molecule has 1 aliphatic rings. The van der Waals surface area contributed by atoms with Crippen LogP contribution in [0.1, 0.15) is 23.5 Å². The van der Waals surface area contributed by atoms with Crippen molar-refractivity contribution in [1.29, 1.82) is 0 Å². The molecule has 1 heterocycles. The Morgan fingerprint density at radius 2 is 1.78 bits per heavy atom. The first-order chi connectivity index (χ1) is 11.1. The fourth-order valence-electron chi connectivity index (χ4n) is 2.04. The van der Waals surface area contributed by atoms with Gasteiger partial charge in [0.25, 0.3) is 5.91 Å². The maximum atomic E-state index is 11.6. The molecule has 2 N–H and O–H groups in total. The Morgan fingerprint density at radius 3 is 2.43 bits per heavy atom. The summed E-state index contributed by atoms with van der Waals surface area (Å²) in [6.45, 7) is 2.24. The maximum Gasteiger partial charge on any atom is 0.258 e. The van der Waals surface area contributed by atoms with Crippen molar-refractivity contribution in [3.05, 3.63) is 29.8 Å². The van der Waals surface area contributed by atoms with Gasteiger partial charge in [0, 0.05) is 20.0 Å². The Balaban J connectivity index is 1.69. The highest BCUT2D eigenvalue weighted by Gasteiger charge is 2.16. The van der Waals surface area contributed by atoms with Crippen molar-refractivity contribution < 1.29 is 14.3 Å². The van der Waals surface area contributed by atoms with E-state index in [1.807, 2.05) is 35.7 Å². The molecule has 0 aromatic heterocycles. The summed E-state index contributed by atoms with van der Waals surface area (Å²) >= 11 is 3.96. The highest BCUT2D eigenvalue weighted by Crippen LogP contribution is 2.43. The molecule has 0 atom stereocenters. The van der Waals surface area contributed by atoms with E-state index in [-0.39, 0.29) is 18.4 Å². The van der Waals surface area contributed by atoms with Gasteiger partial charge < -0.3 is 15.4 Å². The van der Waals surface area contributed by atoms with Crippen molar-refractivity contribution in [2.45, 2.75) is 17.9 Å². The number of benzene rings is 1. The smallest absolute Gasteiger partial charge is 0.258 e. The fraction of sp³-hybridized carbons (Fsp3) is 0.500. The third-order valence-electron chi connectivity index (χ3n) is 3.17. The van der Waals surface area contributed by atoms with Gasteiger partial charge in [-0.3, -0.25) is 9.59 Å². The molecular formula is C16H22N2O3S2. The highest BCUT2D eigenvalue weighted by atomic mass is 32.2. The number of nitrogens with one attached hydrogen (secondary N) is 2. The van der Waals surface area contributed by atoms with Gasteiger partial charge in [-0.25, -0.2) is 0 Å². The second-order valence-electron chi connectivity index (χ2n) is 5.12. The van der Waals surface area contributed by atoms with Gasteiger partial charge in [0.15, 0.2) is 6.61 Å². The van der Waals surface area contributed by atoms with Gasteiger partial charge in [0.1, 0.15) is 5.75 Å². The predicted molar refractivity (Wildman–Crippen MR) is 95.9 cm³/mol. The number of hydrogen-bond acceptors (Lipinski definition) is 5. The van der Waals surface area contributed by atoms with Gasteiger partial charge in [0.05, 0.1) is 4.58 Å². The lowest BCUT2D eigenvalue weighted by atomic mass is 10.2. The fourth-order valence-corrected chi connectivity index (χ4v) is 4.94. The zero-order valence-electron chi connectivity index (χ0n) is 13.2. The van der Waals surface area contributed by atoms with Crippen LogP contribution in [-0.2, 0) is 9.59 Å². The molecule has 0 spiro atoms. The monoisotopic (exact) mass is 354 g/mol. The lowest BCUT2D eigenvalue weighted by molar-refractivity contribution is -0.123. The van der Waals surface area contributed by atoms with E-state index in [0.717, 1.165) is 0 Å². The topological polar surface area (TPSA) is 67.4 Å². The largest absolute Gasteiger partial charge is 0.484 e. The third-order valence-corrected chi connectivity index (χ3v) is 6.19. The molecule has 1 aliphatic heterocycles. The lowest BCUT2D eigenvalue weighted by Gasteiger charge is -2.21. The number of thioether (sulfide) groups is 2. The number of rotatable bonds is 7. The molecule has 5 nitrogen and oxygen atoms in total. The third kappa shape index (κ3) is 6.74. The van der Waals surface area contributed by atoms with E-state index >= 15 is 0 Å². The Hall–Kier alpha value is -1.34. The first-order valence-electron chi connectivity index (χ1n) is 7.62. The second kappa shape index (κ2) is 9.72. The average Bonchev–Trinajstić information content (AvgIpc) is 2.58. The van der Waals surface area contributed by atoms with E-state index in [9.17, 15) is 9.59 Å². The molecule has 2 amide bonds. The van der Waals surface area contributed by atoms with Crippen molar-refractivity contribution in [1.82, 2.24) is 10.6 Å². The van der Waals surface area contributed by atoms with Crippen molar-refractivity contribution in [3.63, 3.8) is 0 Å². The van der Waals surface area contributed by atoms with Crippen LogP contribution in [0.5, 0.6) is 5.75 Å². The summed E-state index contributed by atoms with van der Waals surface area (Å²) in [7, 11) is 0. The molecule has 0 aliphatic carbocycles. The van der Waals surface area contributed by atoms with E-state index in [1.165, 1.54) is 30.4 Å². The Bertz CT molecular complexity index is 517. The molecule has 1 saturated heterocycles. The van der Waals surface area contributed by atoms with Crippen molar-refractivity contribution >= 4 is 35.3 Å². The van der Waals surface area contributed by atoms with Crippen LogP contribution >= 0.6 is 23.5 Å². The zero-order chi connectivity index (χ0) is 16.5. The lowest BCUT2D eigenvalue weighted by Crippen LogP contribution is -2.36. The van der Waals surface area contributed by atoms with E-state index in [1.54, 1.807) is 0 Å². The summed E-state index contributed by atoms with van der Waals surface area (Å²) in [4.78, 5) is 22.3. The molecule has 0 unspecified atom stereocenters. The quantitative estimate of drug-likeness (QED) is 0.735. The number of carbonyl (C=O) groups is 2. The number of hydrogen-bond donors (Lipinski definition) is 2. The van der Waals surface area contributed by atoms with Gasteiger partial charge in [-0.15, -0.1) is 23.5 Å². The Labute approximate surface area is 145 Å². The normalized spacial score (nSPS) is 15.0. The predicted octanol–water partition coefficient (Wildman–Crippen LogP) is 2.19. The van der Waals surface area contributed by atoms with Crippen LogP contribution in [0, 0.1) is 0 Å². The number of amides is 2. The molecule has 7 heteroatoms. The minimum atomic E-state index is -0.196. The van der Waals surface area contributed by atoms with Gasteiger partial charge >= 0.3 is 0 Å². The summed E-state index contributed by atoms with van der Waals surface area (Å²) < 4.78 is 5.98. The summed E-state index contributed by atoms with van der Waals surface area (Å²) in [6, 6.07) is 7.96. The molecule has 0 bridgehead atoms. The van der Waals surface area contributed by atoms with E-state index in [4.69, 9.17) is 4.74 Å². The SMILES string of the molecule is CC(=O)NCCNC(=O)COc1ccc(C2SCCCS2)cc1. The van der Waals surface area contributed by atoms with Crippen LogP contribution in [0.15, 0.2) is 24.3 Å². The Kier molecular flexibility index (Phi) is 7.61. The van der Waals surface area contributed by atoms with E-state index < -0.39 is 0 Å². The van der Waals surface area contributed by atoms with Gasteiger partial charge in [-0.05, 0) is 35.6 Å². The zero-order valence-corrected chi connectivity index (χ0v) is 14.8. The van der Waals surface area contributed by atoms with Gasteiger partial charge in [0.2, 0.25) is 5.91 Å². The highest BCUT2D eigenvalue weighted by molar-refractivity contribution is 8.16. The van der Waals surface area contributed by atoms with Crippen molar-refractivity contribution in [2.24, 2.45) is 0 Å². The van der Waals surface area contributed by atoms with E-state index in [2.05, 4.69) is 22.8 Å². The second-order valence-corrected chi connectivity index (χ2v) is 7.84. The standard InChI is InChI=1S/C16H22N2O3S2/c1-12(19)17-7-8-18-15(20)11-21-14-5-3-13(4-6-14)16-22-9-2-10-23-16/h3-6,16H,2,7-11H2,1H3,(H,17,19)(H,18,20). The van der Waals surface area contributed by atoms with Crippen molar-refractivity contribution in [2.75, 3.05) is 31.2 Å². The maximum absolute atomic E-state index is 11.6. The van der Waals surface area contributed by atoms with Crippen LogP contribution < -0.4 is 15.4 Å². The van der Waals surface area contributed by atoms with Crippen LogP contribution in [0.25, 0.3) is 0 Å². The number of ether oxygens (including phenoxy) is 1. The Morgan fingerprint density at radius 1 is 1.13 bits per heavy atom. The minimum Gasteiger partial charge on any atom is -0.484 e. The minimum absolute atomic E-state index is 0.0215. The molecule has 1 aromatic rings. The van der Waals surface area contributed by atoms with Crippen LogP contribution in [0.2, 0.25) is 0 Å². The number of carbonyl (C=O) groups excluding carboxylic acids is 2. The molecule has 0 radical (unpaired) electrons. The molecule has 0 saturated carbocycles. The summed E-state index contributed by atoms with van der Waals surface area (Å²) in [6.07, 6.45) is 1.28. The van der Waals surface area contributed by atoms with Crippen LogP contribution in [0.4, 0.5) is 0 Å². The molecule has 2 rings (SSSR count). The molecule has 1 aromatic carbocycles. The van der Waals surface area contributed by atoms with Crippen molar-refractivity contribution in [3.8, 4) is 5.75 Å². The van der Waals surface area contributed by atoms with Crippen LogP contribution in [-0.4, -0.2) is 43.0 Å². The summed E-state index contributed by atoms with van der Waals surface area (Å²) in [5, 5.41) is 5.30. The molecule has 1 fully saturated rings. The first-order valence-corrected chi connectivity index (χ1v) is 9.72. The molecule has 126 valence electrons. The van der Waals surface area contributed by atoms with Gasteiger partial charge in [-0.2, -0.15) is 0 Å². The first kappa shape index (κ1) is 18.0. The summed E-state index contributed by atoms with van der Waals surface area (Å²) in [5.74, 6) is 2.82. The average molecular weight is 354 g/mol. The molecule has 23 heavy (non-hydrogen) atoms.